The van der Waals surface area contributed by atoms with Crippen molar-refractivity contribution in [2.75, 3.05) is 12.4 Å². The van der Waals surface area contributed by atoms with Crippen LogP contribution in [0.5, 0.6) is 5.75 Å². The molecule has 2 aromatic carbocycles. The molecule has 0 aliphatic carbocycles. The van der Waals surface area contributed by atoms with Crippen LogP contribution >= 0.6 is 11.8 Å². The van der Waals surface area contributed by atoms with Crippen LogP contribution in [0.15, 0.2) is 47.6 Å². The molecule has 1 atom stereocenters. The van der Waals surface area contributed by atoms with E-state index in [0.717, 1.165) is 22.5 Å². The van der Waals surface area contributed by atoms with Crippen LogP contribution in [0.3, 0.4) is 0 Å². The van der Waals surface area contributed by atoms with Crippen LogP contribution in [0.4, 0.5) is 5.69 Å². The minimum Gasteiger partial charge on any atom is -0.495 e. The summed E-state index contributed by atoms with van der Waals surface area (Å²) in [5.74, 6) is 1.31. The molecule has 0 saturated carbocycles. The average molecular weight is 397 g/mol. The summed E-state index contributed by atoms with van der Waals surface area (Å²) >= 11 is 1.37. The summed E-state index contributed by atoms with van der Waals surface area (Å²) in [4.78, 5) is 12.7. The van der Waals surface area contributed by atoms with Crippen molar-refractivity contribution >= 4 is 23.4 Å². The Labute approximate surface area is 169 Å². The second-order valence-electron chi connectivity index (χ2n) is 6.63. The average Bonchev–Trinajstić information content (AvgIpc) is 3.02. The first-order valence-electron chi connectivity index (χ1n) is 8.98. The summed E-state index contributed by atoms with van der Waals surface area (Å²) in [5.41, 5.74) is 3.88. The zero-order valence-corrected chi connectivity index (χ0v) is 17.5. The molecule has 0 saturated heterocycles. The molecular weight excluding hydrogens is 372 g/mol. The Hall–Kier alpha value is -2.80. The van der Waals surface area contributed by atoms with E-state index in [4.69, 9.17) is 4.74 Å². The summed E-state index contributed by atoms with van der Waals surface area (Å²) in [7, 11) is 3.50. The molecule has 0 radical (unpaired) electrons. The highest BCUT2D eigenvalue weighted by atomic mass is 32.2. The number of aryl methyl sites for hydroxylation is 2. The first kappa shape index (κ1) is 19.9. The third kappa shape index (κ3) is 4.20. The van der Waals surface area contributed by atoms with Gasteiger partial charge in [0, 0.05) is 12.6 Å². The number of hydrogen-bond donors (Lipinski definition) is 1. The zero-order valence-electron chi connectivity index (χ0n) is 16.7. The predicted octanol–water partition coefficient (Wildman–Crippen LogP) is 4.23. The van der Waals surface area contributed by atoms with Crippen LogP contribution in [0.25, 0.3) is 11.4 Å². The van der Waals surface area contributed by atoms with Crippen molar-refractivity contribution in [3.63, 3.8) is 0 Å². The Morgan fingerprint density at radius 3 is 2.64 bits per heavy atom. The molecule has 146 valence electrons. The summed E-state index contributed by atoms with van der Waals surface area (Å²) in [6.45, 7) is 5.87. The van der Waals surface area contributed by atoms with Crippen LogP contribution < -0.4 is 10.1 Å². The maximum Gasteiger partial charge on any atom is 0.237 e. The van der Waals surface area contributed by atoms with Gasteiger partial charge in [0.05, 0.1) is 18.0 Å². The van der Waals surface area contributed by atoms with Crippen LogP contribution in [-0.2, 0) is 11.8 Å². The molecule has 0 fully saturated rings. The van der Waals surface area contributed by atoms with Crippen LogP contribution in [0.1, 0.15) is 18.1 Å². The van der Waals surface area contributed by atoms with E-state index in [2.05, 4.69) is 15.5 Å². The second-order valence-corrected chi connectivity index (χ2v) is 7.94. The number of benzene rings is 2. The van der Waals surface area contributed by atoms with E-state index in [1.54, 1.807) is 7.11 Å². The molecule has 28 heavy (non-hydrogen) atoms. The zero-order chi connectivity index (χ0) is 20.3. The first-order chi connectivity index (χ1) is 13.4. The largest absolute Gasteiger partial charge is 0.495 e. The van der Waals surface area contributed by atoms with E-state index in [9.17, 15) is 4.79 Å². The molecule has 0 aliphatic rings. The van der Waals surface area contributed by atoms with Crippen molar-refractivity contribution in [3.8, 4) is 17.1 Å². The van der Waals surface area contributed by atoms with Gasteiger partial charge in [0.1, 0.15) is 5.75 Å². The maximum absolute atomic E-state index is 12.7. The van der Waals surface area contributed by atoms with Crippen molar-refractivity contribution in [3.05, 3.63) is 53.6 Å². The van der Waals surface area contributed by atoms with Gasteiger partial charge in [0.15, 0.2) is 11.0 Å². The van der Waals surface area contributed by atoms with E-state index in [1.165, 1.54) is 11.8 Å². The number of nitrogens with one attached hydrogen (secondary N) is 1. The highest BCUT2D eigenvalue weighted by Gasteiger charge is 2.21. The number of ether oxygens (including phenoxy) is 1. The molecule has 0 aliphatic heterocycles. The Morgan fingerprint density at radius 2 is 1.93 bits per heavy atom. The molecule has 1 N–H and O–H groups in total. The Bertz CT molecular complexity index is 1000. The lowest BCUT2D eigenvalue weighted by molar-refractivity contribution is -0.115. The minimum atomic E-state index is -0.349. The molecule has 3 aromatic rings. The fourth-order valence-electron chi connectivity index (χ4n) is 2.84. The van der Waals surface area contributed by atoms with Gasteiger partial charge >= 0.3 is 0 Å². The van der Waals surface area contributed by atoms with Crippen molar-refractivity contribution < 1.29 is 9.53 Å². The lowest BCUT2D eigenvalue weighted by atomic mass is 10.1. The van der Waals surface area contributed by atoms with Crippen LogP contribution in [-0.4, -0.2) is 33.0 Å². The van der Waals surface area contributed by atoms with Gasteiger partial charge in [0.25, 0.3) is 0 Å². The second kappa shape index (κ2) is 8.48. The van der Waals surface area contributed by atoms with Crippen molar-refractivity contribution in [2.24, 2.45) is 7.05 Å². The number of carbonyl (C=O) groups is 1. The molecule has 0 spiro atoms. The van der Waals surface area contributed by atoms with E-state index in [1.807, 2.05) is 74.9 Å². The number of anilines is 1. The number of carbonyl (C=O) groups excluding carboxylic acids is 1. The Kier molecular flexibility index (Phi) is 6.04. The van der Waals surface area contributed by atoms with Gasteiger partial charge in [-0.2, -0.15) is 0 Å². The molecule has 6 nitrogen and oxygen atoms in total. The molecule has 1 heterocycles. The van der Waals surface area contributed by atoms with Gasteiger partial charge < -0.3 is 14.6 Å². The SMILES string of the molecule is COc1ccc(C)cc1NC(=O)[C@H](C)Sc1nnc(-c2ccccc2C)n1C. The van der Waals surface area contributed by atoms with E-state index in [0.29, 0.717) is 16.6 Å². The van der Waals surface area contributed by atoms with Gasteiger partial charge in [-0.05, 0) is 44.0 Å². The molecule has 1 aromatic heterocycles. The fourth-order valence-corrected chi connectivity index (χ4v) is 3.66. The highest BCUT2D eigenvalue weighted by molar-refractivity contribution is 8.00. The molecular formula is C21H24N4O2S. The smallest absolute Gasteiger partial charge is 0.237 e. The summed E-state index contributed by atoms with van der Waals surface area (Å²) < 4.78 is 7.25. The summed E-state index contributed by atoms with van der Waals surface area (Å²) in [6, 6.07) is 13.7. The lowest BCUT2D eigenvalue weighted by Gasteiger charge is -2.14. The van der Waals surface area contributed by atoms with Gasteiger partial charge in [-0.3, -0.25) is 4.79 Å². The normalized spacial score (nSPS) is 11.9. The topological polar surface area (TPSA) is 69.0 Å². The standard InChI is InChI=1S/C21H24N4O2S/c1-13-10-11-18(27-5)17(12-13)22-20(26)15(3)28-21-24-23-19(25(21)4)16-9-7-6-8-14(16)2/h6-12,15H,1-5H3,(H,22,26)/t15-/m0/s1. The van der Waals surface area contributed by atoms with Crippen LogP contribution in [0.2, 0.25) is 0 Å². The third-order valence-electron chi connectivity index (χ3n) is 4.49. The number of methoxy groups -OCH3 is 1. The third-order valence-corrected chi connectivity index (χ3v) is 5.62. The number of hydrogen-bond acceptors (Lipinski definition) is 5. The number of rotatable bonds is 6. The Morgan fingerprint density at radius 1 is 1.18 bits per heavy atom. The minimum absolute atomic E-state index is 0.116. The molecule has 3 rings (SSSR count). The fraction of sp³-hybridized carbons (Fsp3) is 0.286. The lowest BCUT2D eigenvalue weighted by Crippen LogP contribution is -2.23. The van der Waals surface area contributed by atoms with Crippen molar-refractivity contribution in [1.29, 1.82) is 0 Å². The van der Waals surface area contributed by atoms with Gasteiger partial charge in [-0.1, -0.05) is 42.1 Å². The molecule has 0 unspecified atom stereocenters. The van der Waals surface area contributed by atoms with E-state index >= 15 is 0 Å². The van der Waals surface area contributed by atoms with Gasteiger partial charge in [-0.25, -0.2) is 0 Å². The number of nitrogens with zero attached hydrogens (tertiary/aromatic N) is 3. The van der Waals surface area contributed by atoms with Gasteiger partial charge in [0.2, 0.25) is 5.91 Å². The van der Waals surface area contributed by atoms with Crippen LogP contribution in [0, 0.1) is 13.8 Å². The highest BCUT2D eigenvalue weighted by Crippen LogP contribution is 2.29. The number of thioether (sulfide) groups is 1. The maximum atomic E-state index is 12.7. The summed E-state index contributed by atoms with van der Waals surface area (Å²) in [5, 5.41) is 11.9. The quantitative estimate of drug-likeness (QED) is 0.632. The monoisotopic (exact) mass is 396 g/mol. The molecule has 0 bridgehead atoms. The summed E-state index contributed by atoms with van der Waals surface area (Å²) in [6.07, 6.45) is 0. The van der Waals surface area contributed by atoms with E-state index < -0.39 is 0 Å². The predicted molar refractivity (Wildman–Crippen MR) is 113 cm³/mol. The number of amides is 1. The van der Waals surface area contributed by atoms with Crippen molar-refractivity contribution in [2.45, 2.75) is 31.2 Å². The number of aromatic nitrogens is 3. The Balaban J connectivity index is 1.75. The van der Waals surface area contributed by atoms with E-state index in [-0.39, 0.29) is 11.2 Å². The molecule has 7 heteroatoms. The van der Waals surface area contributed by atoms with Crippen molar-refractivity contribution in [1.82, 2.24) is 14.8 Å². The first-order valence-corrected chi connectivity index (χ1v) is 9.86. The molecule has 1 amide bonds. The van der Waals surface area contributed by atoms with Gasteiger partial charge in [-0.15, -0.1) is 10.2 Å².